The van der Waals surface area contributed by atoms with Crippen molar-refractivity contribution >= 4 is 17.5 Å². The van der Waals surface area contributed by atoms with Crippen molar-refractivity contribution in [1.29, 1.82) is 0 Å². The van der Waals surface area contributed by atoms with E-state index in [9.17, 15) is 4.79 Å². The smallest absolute Gasteiger partial charge is 0.220 e. The summed E-state index contributed by atoms with van der Waals surface area (Å²) in [4.78, 5) is 11.4. The molecule has 0 saturated heterocycles. The molecule has 0 aromatic heterocycles. The summed E-state index contributed by atoms with van der Waals surface area (Å²) in [5, 5.41) is 2.80. The lowest BCUT2D eigenvalue weighted by molar-refractivity contribution is -0.121. The Morgan fingerprint density at radius 3 is 2.69 bits per heavy atom. The fourth-order valence-electron chi connectivity index (χ4n) is 1.44. The number of rotatable bonds is 6. The van der Waals surface area contributed by atoms with E-state index in [1.54, 1.807) is 0 Å². The number of hydrogen-bond acceptors (Lipinski definition) is 1. The minimum absolute atomic E-state index is 0.00178. The van der Waals surface area contributed by atoms with Gasteiger partial charge < -0.3 is 5.32 Å². The molecule has 88 valence electrons. The number of aryl methyl sites for hydroxylation is 1. The average molecular weight is 240 g/mol. The summed E-state index contributed by atoms with van der Waals surface area (Å²) >= 11 is 5.74. The first kappa shape index (κ1) is 13.0. The second-order valence-electron chi connectivity index (χ2n) is 3.92. The van der Waals surface area contributed by atoms with Gasteiger partial charge in [0, 0.05) is 18.3 Å². The van der Waals surface area contributed by atoms with Gasteiger partial charge in [0.1, 0.15) is 0 Å². The van der Waals surface area contributed by atoms with Gasteiger partial charge in [-0.2, -0.15) is 0 Å². The summed E-state index contributed by atoms with van der Waals surface area (Å²) in [6, 6.07) is 10.2. The Kier molecular flexibility index (Phi) is 5.94. The van der Waals surface area contributed by atoms with Crippen molar-refractivity contribution in [3.8, 4) is 0 Å². The van der Waals surface area contributed by atoms with E-state index in [2.05, 4.69) is 17.4 Å². The van der Waals surface area contributed by atoms with E-state index in [0.717, 1.165) is 12.8 Å². The molecular formula is C13H18ClNO. The molecule has 0 radical (unpaired) electrons. The molecule has 16 heavy (non-hydrogen) atoms. The van der Waals surface area contributed by atoms with Gasteiger partial charge in [0.25, 0.3) is 0 Å². The van der Waals surface area contributed by atoms with Crippen LogP contribution in [0.3, 0.4) is 0 Å². The molecule has 0 heterocycles. The number of alkyl halides is 1. The summed E-state index contributed by atoms with van der Waals surface area (Å²) in [5.41, 5.74) is 1.28. The number of carbonyl (C=O) groups is 1. The van der Waals surface area contributed by atoms with Crippen molar-refractivity contribution in [1.82, 2.24) is 5.32 Å². The maximum absolute atomic E-state index is 11.4. The van der Waals surface area contributed by atoms with Gasteiger partial charge in [0.05, 0.1) is 0 Å². The molecule has 0 aliphatic heterocycles. The Morgan fingerprint density at radius 2 is 2.06 bits per heavy atom. The fourth-order valence-corrected chi connectivity index (χ4v) is 1.52. The fraction of sp³-hybridized carbons (Fsp3) is 0.462. The predicted octanol–water partition coefficient (Wildman–Crippen LogP) is 2.75. The lowest BCUT2D eigenvalue weighted by Crippen LogP contribution is -2.28. The van der Waals surface area contributed by atoms with Gasteiger partial charge in [0.15, 0.2) is 0 Å². The second kappa shape index (κ2) is 7.29. The molecule has 0 fully saturated rings. The van der Waals surface area contributed by atoms with Crippen LogP contribution in [-0.4, -0.2) is 17.8 Å². The molecule has 0 bridgehead atoms. The van der Waals surface area contributed by atoms with Crippen molar-refractivity contribution in [3.63, 3.8) is 0 Å². The quantitative estimate of drug-likeness (QED) is 0.760. The molecule has 1 aromatic rings. The van der Waals surface area contributed by atoms with Crippen LogP contribution in [0.5, 0.6) is 0 Å². The summed E-state index contributed by atoms with van der Waals surface area (Å²) < 4.78 is 0. The number of amides is 1. The van der Waals surface area contributed by atoms with Gasteiger partial charge in [-0.3, -0.25) is 4.79 Å². The first-order valence-electron chi connectivity index (χ1n) is 5.63. The molecule has 1 rings (SSSR count). The minimum Gasteiger partial charge on any atom is -0.355 e. The molecule has 1 amide bonds. The molecule has 0 aliphatic rings. The van der Waals surface area contributed by atoms with E-state index in [4.69, 9.17) is 11.6 Å². The third-order valence-electron chi connectivity index (χ3n) is 2.29. The molecule has 1 aromatic carbocycles. The highest BCUT2D eigenvalue weighted by Crippen LogP contribution is 2.04. The highest BCUT2D eigenvalue weighted by molar-refractivity contribution is 6.20. The third-order valence-corrected chi connectivity index (χ3v) is 2.45. The van der Waals surface area contributed by atoms with Gasteiger partial charge in [-0.25, -0.2) is 0 Å². The van der Waals surface area contributed by atoms with Gasteiger partial charge >= 0.3 is 0 Å². The maximum Gasteiger partial charge on any atom is 0.220 e. The van der Waals surface area contributed by atoms with E-state index < -0.39 is 0 Å². The van der Waals surface area contributed by atoms with Crippen LogP contribution in [0.2, 0.25) is 0 Å². The number of benzene rings is 1. The van der Waals surface area contributed by atoms with E-state index in [-0.39, 0.29) is 11.3 Å². The molecule has 1 atom stereocenters. The van der Waals surface area contributed by atoms with Crippen LogP contribution in [-0.2, 0) is 11.2 Å². The summed E-state index contributed by atoms with van der Waals surface area (Å²) in [6.07, 6.45) is 2.40. The zero-order valence-electron chi connectivity index (χ0n) is 9.58. The van der Waals surface area contributed by atoms with Crippen LogP contribution in [0.4, 0.5) is 0 Å². The number of carbonyl (C=O) groups excluding carboxylic acids is 1. The van der Waals surface area contributed by atoms with E-state index >= 15 is 0 Å². The third kappa shape index (κ3) is 5.76. The first-order valence-corrected chi connectivity index (χ1v) is 6.07. The Morgan fingerprint density at radius 1 is 1.38 bits per heavy atom. The highest BCUT2D eigenvalue weighted by atomic mass is 35.5. The number of hydrogen-bond donors (Lipinski definition) is 1. The largest absolute Gasteiger partial charge is 0.355 e. The molecule has 1 N–H and O–H groups in total. The summed E-state index contributed by atoms with van der Waals surface area (Å²) in [5.74, 6) is 0.0865. The maximum atomic E-state index is 11.4. The summed E-state index contributed by atoms with van der Waals surface area (Å²) in [7, 11) is 0. The lowest BCUT2D eigenvalue weighted by atomic mass is 10.1. The molecule has 2 nitrogen and oxygen atoms in total. The van der Waals surface area contributed by atoms with Crippen molar-refractivity contribution in [2.75, 3.05) is 6.54 Å². The number of halogens is 1. The van der Waals surface area contributed by atoms with Crippen LogP contribution in [0.25, 0.3) is 0 Å². The number of nitrogens with one attached hydrogen (secondary N) is 1. The van der Waals surface area contributed by atoms with Crippen molar-refractivity contribution in [2.24, 2.45) is 0 Å². The average Bonchev–Trinajstić information content (AvgIpc) is 2.28. The molecule has 1 unspecified atom stereocenters. The van der Waals surface area contributed by atoms with Gasteiger partial charge in [-0.1, -0.05) is 30.3 Å². The second-order valence-corrected chi connectivity index (χ2v) is 4.67. The van der Waals surface area contributed by atoms with Crippen molar-refractivity contribution in [3.05, 3.63) is 35.9 Å². The van der Waals surface area contributed by atoms with Crippen molar-refractivity contribution in [2.45, 2.75) is 31.6 Å². The molecule has 0 spiro atoms. The zero-order chi connectivity index (χ0) is 11.8. The predicted molar refractivity (Wildman–Crippen MR) is 67.7 cm³/mol. The van der Waals surface area contributed by atoms with Crippen molar-refractivity contribution < 1.29 is 4.79 Å². The van der Waals surface area contributed by atoms with Crippen LogP contribution in [0, 0.1) is 0 Å². The SMILES string of the molecule is CC(Cl)CNC(=O)CCCc1ccccc1. The van der Waals surface area contributed by atoms with Crippen LogP contribution in [0.1, 0.15) is 25.3 Å². The lowest BCUT2D eigenvalue weighted by Gasteiger charge is -2.06. The van der Waals surface area contributed by atoms with Gasteiger partial charge in [-0.05, 0) is 25.3 Å². The summed E-state index contributed by atoms with van der Waals surface area (Å²) in [6.45, 7) is 2.41. The molecule has 0 saturated carbocycles. The molecule has 3 heteroatoms. The Bertz CT molecular complexity index is 311. The molecular weight excluding hydrogens is 222 g/mol. The van der Waals surface area contributed by atoms with Crippen LogP contribution < -0.4 is 5.32 Å². The normalized spacial score (nSPS) is 12.1. The molecule has 0 aliphatic carbocycles. The highest BCUT2D eigenvalue weighted by Gasteiger charge is 2.02. The Hall–Kier alpha value is -1.02. The van der Waals surface area contributed by atoms with Gasteiger partial charge in [0.2, 0.25) is 5.91 Å². The first-order chi connectivity index (χ1) is 7.68. The Labute approximate surface area is 102 Å². The van der Waals surface area contributed by atoms with E-state index in [0.29, 0.717) is 13.0 Å². The van der Waals surface area contributed by atoms with E-state index in [1.165, 1.54) is 5.56 Å². The van der Waals surface area contributed by atoms with Gasteiger partial charge in [-0.15, -0.1) is 11.6 Å². The topological polar surface area (TPSA) is 29.1 Å². The standard InChI is InChI=1S/C13H18ClNO/c1-11(14)10-15-13(16)9-5-8-12-6-3-2-4-7-12/h2-4,6-7,11H,5,8-10H2,1H3,(H,15,16). The van der Waals surface area contributed by atoms with Crippen LogP contribution >= 0.6 is 11.6 Å². The zero-order valence-corrected chi connectivity index (χ0v) is 10.3. The van der Waals surface area contributed by atoms with Crippen LogP contribution in [0.15, 0.2) is 30.3 Å². The minimum atomic E-state index is -0.00178. The van der Waals surface area contributed by atoms with E-state index in [1.807, 2.05) is 25.1 Å². The Balaban J connectivity index is 2.13. The monoisotopic (exact) mass is 239 g/mol.